The number of nitrogens with zero attached hydrogens (tertiary/aromatic N) is 3. The largest absolute Gasteiger partial charge is 0.307 e. The Hall–Kier alpha value is -1.38. The SMILES string of the molecule is CC(C)(C)[n+]1ccn2ncccc21. The molecule has 13 heavy (non-hydrogen) atoms. The summed E-state index contributed by atoms with van der Waals surface area (Å²) in [5, 5.41) is 4.21. The van der Waals surface area contributed by atoms with Crippen LogP contribution in [-0.2, 0) is 5.54 Å². The highest BCUT2D eigenvalue weighted by molar-refractivity contribution is 5.28. The highest BCUT2D eigenvalue weighted by Gasteiger charge is 2.22. The summed E-state index contributed by atoms with van der Waals surface area (Å²) < 4.78 is 4.09. The molecule has 2 rings (SSSR count). The summed E-state index contributed by atoms with van der Waals surface area (Å²) in [6.45, 7) is 6.54. The molecule has 0 aromatic carbocycles. The van der Waals surface area contributed by atoms with Crippen molar-refractivity contribution in [2.24, 2.45) is 0 Å². The molecule has 0 saturated heterocycles. The minimum Gasteiger partial charge on any atom is -0.224 e. The van der Waals surface area contributed by atoms with Crippen LogP contribution in [0, 0.1) is 0 Å². The van der Waals surface area contributed by atoms with Gasteiger partial charge in [0.25, 0.3) is 0 Å². The third-order valence-electron chi connectivity index (χ3n) is 2.08. The van der Waals surface area contributed by atoms with Gasteiger partial charge in [-0.2, -0.15) is 0 Å². The predicted molar refractivity (Wildman–Crippen MR) is 50.4 cm³/mol. The molecule has 0 fully saturated rings. The first-order chi connectivity index (χ1) is 6.09. The van der Waals surface area contributed by atoms with Gasteiger partial charge in [0.15, 0.2) is 6.20 Å². The Kier molecular flexibility index (Phi) is 1.62. The number of hydrogen-bond donors (Lipinski definition) is 0. The van der Waals surface area contributed by atoms with Crippen LogP contribution in [0.5, 0.6) is 0 Å². The van der Waals surface area contributed by atoms with Crippen LogP contribution in [0.1, 0.15) is 20.8 Å². The molecular weight excluding hydrogens is 162 g/mol. The second-order valence-corrected chi connectivity index (χ2v) is 4.17. The van der Waals surface area contributed by atoms with Gasteiger partial charge in [0.05, 0.1) is 6.20 Å². The zero-order valence-corrected chi connectivity index (χ0v) is 8.23. The van der Waals surface area contributed by atoms with Gasteiger partial charge in [0.2, 0.25) is 0 Å². The van der Waals surface area contributed by atoms with Crippen molar-refractivity contribution in [2.45, 2.75) is 26.3 Å². The Morgan fingerprint density at radius 3 is 2.85 bits per heavy atom. The molecule has 0 amide bonds. The van der Waals surface area contributed by atoms with Gasteiger partial charge >= 0.3 is 5.65 Å². The zero-order valence-electron chi connectivity index (χ0n) is 8.23. The van der Waals surface area contributed by atoms with E-state index in [1.807, 2.05) is 16.8 Å². The van der Waals surface area contributed by atoms with E-state index in [-0.39, 0.29) is 5.54 Å². The lowest BCUT2D eigenvalue weighted by molar-refractivity contribution is -0.730. The summed E-state index contributed by atoms with van der Waals surface area (Å²) in [6, 6.07) is 4.02. The third-order valence-corrected chi connectivity index (χ3v) is 2.08. The molecule has 0 radical (unpaired) electrons. The lowest BCUT2D eigenvalue weighted by Crippen LogP contribution is -2.49. The van der Waals surface area contributed by atoms with Gasteiger partial charge in [-0.15, -0.1) is 4.52 Å². The van der Waals surface area contributed by atoms with Gasteiger partial charge in [-0.1, -0.05) is 5.10 Å². The molecule has 2 aromatic rings. The van der Waals surface area contributed by atoms with E-state index in [9.17, 15) is 0 Å². The van der Waals surface area contributed by atoms with Gasteiger partial charge < -0.3 is 0 Å². The minimum atomic E-state index is 0.109. The van der Waals surface area contributed by atoms with E-state index in [4.69, 9.17) is 0 Å². The van der Waals surface area contributed by atoms with E-state index in [1.54, 1.807) is 6.20 Å². The van der Waals surface area contributed by atoms with Crippen molar-refractivity contribution < 1.29 is 4.57 Å². The second kappa shape index (κ2) is 2.55. The molecular formula is C10H14N3+. The standard InChI is InChI=1S/C10H14N3/c1-10(2,3)12-7-8-13-9(12)5-4-6-11-13/h4-8H,1-3H3/q+1. The highest BCUT2D eigenvalue weighted by atomic mass is 15.3. The smallest absolute Gasteiger partial charge is 0.224 e. The molecule has 0 aliphatic rings. The molecule has 0 saturated carbocycles. The fourth-order valence-electron chi connectivity index (χ4n) is 1.45. The van der Waals surface area contributed by atoms with Gasteiger partial charge in [-0.3, -0.25) is 0 Å². The Labute approximate surface area is 77.6 Å². The Bertz CT molecular complexity index is 423. The second-order valence-electron chi connectivity index (χ2n) is 4.17. The van der Waals surface area contributed by atoms with E-state index >= 15 is 0 Å². The lowest BCUT2D eigenvalue weighted by Gasteiger charge is -2.14. The molecule has 0 bridgehead atoms. The number of rotatable bonds is 0. The molecule has 0 unspecified atom stereocenters. The first kappa shape index (κ1) is 8.23. The maximum Gasteiger partial charge on any atom is 0.307 e. The normalized spacial score (nSPS) is 12.2. The third kappa shape index (κ3) is 1.30. The van der Waals surface area contributed by atoms with E-state index in [0.717, 1.165) is 5.65 Å². The molecule has 2 aromatic heterocycles. The molecule has 0 atom stereocenters. The fourth-order valence-corrected chi connectivity index (χ4v) is 1.45. The molecule has 3 nitrogen and oxygen atoms in total. The maximum atomic E-state index is 4.21. The molecule has 2 heterocycles. The molecule has 3 heteroatoms. The summed E-state index contributed by atoms with van der Waals surface area (Å²) in [5.74, 6) is 0. The quantitative estimate of drug-likeness (QED) is 0.555. The van der Waals surface area contributed by atoms with Crippen LogP contribution in [-0.4, -0.2) is 9.61 Å². The molecule has 0 aliphatic carbocycles. The number of aromatic nitrogens is 3. The van der Waals surface area contributed by atoms with Crippen LogP contribution in [0.25, 0.3) is 5.65 Å². The first-order valence-corrected chi connectivity index (χ1v) is 4.43. The van der Waals surface area contributed by atoms with Crippen LogP contribution in [0.3, 0.4) is 0 Å². The van der Waals surface area contributed by atoms with Crippen LogP contribution in [0.4, 0.5) is 0 Å². The van der Waals surface area contributed by atoms with Crippen molar-refractivity contribution in [3.63, 3.8) is 0 Å². The van der Waals surface area contributed by atoms with Crippen molar-refractivity contribution in [3.8, 4) is 0 Å². The van der Waals surface area contributed by atoms with E-state index in [0.29, 0.717) is 0 Å². The Balaban J connectivity index is 2.72. The minimum absolute atomic E-state index is 0.109. The average Bonchev–Trinajstić information content (AvgIpc) is 2.45. The van der Waals surface area contributed by atoms with E-state index < -0.39 is 0 Å². The van der Waals surface area contributed by atoms with Crippen LogP contribution in [0.15, 0.2) is 30.7 Å². The van der Waals surface area contributed by atoms with Crippen LogP contribution < -0.4 is 4.57 Å². The van der Waals surface area contributed by atoms with Gasteiger partial charge in [0, 0.05) is 6.07 Å². The summed E-state index contributed by atoms with van der Waals surface area (Å²) in [7, 11) is 0. The molecule has 0 spiro atoms. The topological polar surface area (TPSA) is 21.2 Å². The summed E-state index contributed by atoms with van der Waals surface area (Å²) >= 11 is 0. The molecule has 0 aliphatic heterocycles. The van der Waals surface area contributed by atoms with Crippen molar-refractivity contribution in [2.75, 3.05) is 0 Å². The number of hydrogen-bond acceptors (Lipinski definition) is 1. The summed E-state index contributed by atoms with van der Waals surface area (Å²) in [6.07, 6.45) is 5.82. The fraction of sp³-hybridized carbons (Fsp3) is 0.400. The average molecular weight is 176 g/mol. The monoisotopic (exact) mass is 176 g/mol. The Morgan fingerprint density at radius 1 is 1.38 bits per heavy atom. The lowest BCUT2D eigenvalue weighted by atomic mass is 10.1. The van der Waals surface area contributed by atoms with Crippen molar-refractivity contribution >= 4 is 5.65 Å². The van der Waals surface area contributed by atoms with Crippen molar-refractivity contribution in [1.82, 2.24) is 9.61 Å². The van der Waals surface area contributed by atoms with Crippen molar-refractivity contribution in [3.05, 3.63) is 30.7 Å². The number of fused-ring (bicyclic) bond motifs is 1. The Morgan fingerprint density at radius 2 is 2.15 bits per heavy atom. The van der Waals surface area contributed by atoms with E-state index in [2.05, 4.69) is 42.7 Å². The first-order valence-electron chi connectivity index (χ1n) is 4.43. The van der Waals surface area contributed by atoms with Crippen LogP contribution in [0.2, 0.25) is 0 Å². The zero-order chi connectivity index (χ0) is 9.47. The summed E-state index contributed by atoms with van der Waals surface area (Å²) in [5.41, 5.74) is 1.23. The highest BCUT2D eigenvalue weighted by Crippen LogP contribution is 2.06. The molecule has 68 valence electrons. The predicted octanol–water partition coefficient (Wildman–Crippen LogP) is 1.38. The summed E-state index contributed by atoms with van der Waals surface area (Å²) in [4.78, 5) is 0. The van der Waals surface area contributed by atoms with Crippen molar-refractivity contribution in [1.29, 1.82) is 0 Å². The van der Waals surface area contributed by atoms with E-state index in [1.165, 1.54) is 0 Å². The maximum absolute atomic E-state index is 4.21. The molecule has 0 N–H and O–H groups in total. The van der Waals surface area contributed by atoms with Gasteiger partial charge in [-0.25, -0.2) is 4.57 Å². The number of imidazole rings is 1. The van der Waals surface area contributed by atoms with Gasteiger partial charge in [-0.05, 0) is 26.8 Å². The van der Waals surface area contributed by atoms with Crippen LogP contribution >= 0.6 is 0 Å². The van der Waals surface area contributed by atoms with Gasteiger partial charge in [0.1, 0.15) is 11.7 Å².